The molecule has 6 heteroatoms. The molecular formula is C15H15N3O3. The van der Waals surface area contributed by atoms with Crippen molar-refractivity contribution in [2.75, 3.05) is 6.61 Å². The van der Waals surface area contributed by atoms with E-state index in [1.165, 1.54) is 0 Å². The minimum atomic E-state index is -0.275. The number of amides is 1. The van der Waals surface area contributed by atoms with Gasteiger partial charge in [-0.3, -0.25) is 4.79 Å². The van der Waals surface area contributed by atoms with Crippen LogP contribution in [-0.2, 0) is 6.54 Å². The minimum Gasteiger partial charge on any atom is -0.384 e. The van der Waals surface area contributed by atoms with Crippen molar-refractivity contribution in [3.05, 3.63) is 46.6 Å². The number of nitrogens with one attached hydrogen (secondary N) is 1. The van der Waals surface area contributed by atoms with Gasteiger partial charge in [0.25, 0.3) is 5.91 Å². The van der Waals surface area contributed by atoms with E-state index in [4.69, 9.17) is 9.63 Å². The maximum Gasteiger partial charge on any atom is 0.252 e. The van der Waals surface area contributed by atoms with Crippen molar-refractivity contribution in [1.29, 1.82) is 0 Å². The van der Waals surface area contributed by atoms with Crippen molar-refractivity contribution in [1.82, 2.24) is 15.5 Å². The molecule has 0 atom stereocenters. The number of carbonyl (C=O) groups is 1. The van der Waals surface area contributed by atoms with Crippen LogP contribution < -0.4 is 5.32 Å². The Balaban J connectivity index is 2.15. The highest BCUT2D eigenvalue weighted by Gasteiger charge is 2.12. The Kier molecular flexibility index (Phi) is 4.69. The summed E-state index contributed by atoms with van der Waals surface area (Å²) in [5.74, 6) is 5.89. The highest BCUT2D eigenvalue weighted by atomic mass is 16.5. The number of rotatable bonds is 3. The quantitative estimate of drug-likeness (QED) is 0.820. The Hall–Kier alpha value is -2.65. The van der Waals surface area contributed by atoms with E-state index in [1.807, 2.05) is 13.0 Å². The van der Waals surface area contributed by atoms with Gasteiger partial charge in [-0.2, -0.15) is 4.98 Å². The fourth-order valence-corrected chi connectivity index (χ4v) is 1.76. The Morgan fingerprint density at radius 2 is 2.24 bits per heavy atom. The largest absolute Gasteiger partial charge is 0.384 e. The molecule has 2 N–H and O–H groups in total. The molecule has 0 aliphatic carbocycles. The first kappa shape index (κ1) is 14.8. The van der Waals surface area contributed by atoms with E-state index >= 15 is 0 Å². The van der Waals surface area contributed by atoms with E-state index in [-0.39, 0.29) is 19.1 Å². The van der Waals surface area contributed by atoms with E-state index in [1.54, 1.807) is 19.1 Å². The molecule has 21 heavy (non-hydrogen) atoms. The molecule has 0 spiro atoms. The summed E-state index contributed by atoms with van der Waals surface area (Å²) in [7, 11) is 0. The number of hydrogen-bond acceptors (Lipinski definition) is 5. The first-order chi connectivity index (χ1) is 10.1. The van der Waals surface area contributed by atoms with Gasteiger partial charge >= 0.3 is 0 Å². The van der Waals surface area contributed by atoms with Crippen molar-refractivity contribution < 1.29 is 14.4 Å². The molecular weight excluding hydrogens is 270 g/mol. The third kappa shape index (κ3) is 3.91. The molecule has 0 fully saturated rings. The molecule has 108 valence electrons. The maximum absolute atomic E-state index is 12.2. The summed E-state index contributed by atoms with van der Waals surface area (Å²) in [4.78, 5) is 16.2. The summed E-state index contributed by atoms with van der Waals surface area (Å²) in [6, 6.07) is 5.37. The molecule has 1 aromatic carbocycles. The average Bonchev–Trinajstić information content (AvgIpc) is 2.89. The van der Waals surface area contributed by atoms with E-state index in [0.717, 1.165) is 5.56 Å². The van der Waals surface area contributed by atoms with Crippen molar-refractivity contribution in [2.24, 2.45) is 0 Å². The Bertz CT molecular complexity index is 710. The number of aromatic nitrogens is 2. The Morgan fingerprint density at radius 1 is 1.43 bits per heavy atom. The molecule has 0 radical (unpaired) electrons. The third-order valence-corrected chi connectivity index (χ3v) is 2.70. The van der Waals surface area contributed by atoms with Crippen LogP contribution in [0.3, 0.4) is 0 Å². The molecule has 0 bridgehead atoms. The van der Waals surface area contributed by atoms with Gasteiger partial charge < -0.3 is 14.9 Å². The Morgan fingerprint density at radius 3 is 2.90 bits per heavy atom. The van der Waals surface area contributed by atoms with Gasteiger partial charge in [-0.1, -0.05) is 28.6 Å². The van der Waals surface area contributed by atoms with E-state index in [9.17, 15) is 4.79 Å². The van der Waals surface area contributed by atoms with Gasteiger partial charge in [-0.15, -0.1) is 0 Å². The lowest BCUT2D eigenvalue weighted by Crippen LogP contribution is -2.24. The summed E-state index contributed by atoms with van der Waals surface area (Å²) in [5, 5.41) is 15.2. The van der Waals surface area contributed by atoms with Crippen LogP contribution in [-0.4, -0.2) is 27.8 Å². The lowest BCUT2D eigenvalue weighted by atomic mass is 10.0. The molecule has 2 aromatic rings. The van der Waals surface area contributed by atoms with Crippen LogP contribution in [0.5, 0.6) is 0 Å². The second-order valence-electron chi connectivity index (χ2n) is 4.42. The highest BCUT2D eigenvalue weighted by Crippen LogP contribution is 2.11. The summed E-state index contributed by atoms with van der Waals surface area (Å²) < 4.78 is 4.84. The molecule has 0 aliphatic rings. The molecule has 1 amide bonds. The van der Waals surface area contributed by atoms with Crippen molar-refractivity contribution in [2.45, 2.75) is 20.4 Å². The second kappa shape index (κ2) is 6.68. The molecule has 0 unspecified atom stereocenters. The van der Waals surface area contributed by atoms with Gasteiger partial charge in [-0.05, 0) is 19.1 Å². The van der Waals surface area contributed by atoms with Crippen LogP contribution in [0, 0.1) is 25.7 Å². The fraction of sp³-hybridized carbons (Fsp3) is 0.267. The molecule has 1 aromatic heterocycles. The normalized spacial score (nSPS) is 9.86. The molecule has 0 aliphatic heterocycles. The number of nitrogens with zero attached hydrogens (tertiary/aromatic N) is 2. The van der Waals surface area contributed by atoms with Crippen LogP contribution in [0.25, 0.3) is 0 Å². The summed E-state index contributed by atoms with van der Waals surface area (Å²) in [6.07, 6.45) is 0. The zero-order valence-corrected chi connectivity index (χ0v) is 11.8. The van der Waals surface area contributed by atoms with Crippen LogP contribution in [0.4, 0.5) is 0 Å². The van der Waals surface area contributed by atoms with Crippen LogP contribution in [0.1, 0.15) is 33.2 Å². The van der Waals surface area contributed by atoms with Gasteiger partial charge in [-0.25, -0.2) is 0 Å². The van der Waals surface area contributed by atoms with Crippen molar-refractivity contribution in [3.8, 4) is 11.8 Å². The summed E-state index contributed by atoms with van der Waals surface area (Å²) >= 11 is 0. The topological polar surface area (TPSA) is 88.2 Å². The molecule has 0 saturated heterocycles. The average molecular weight is 285 g/mol. The third-order valence-electron chi connectivity index (χ3n) is 2.70. The summed E-state index contributed by atoms with van der Waals surface area (Å²) in [5.41, 5.74) is 1.97. The lowest BCUT2D eigenvalue weighted by molar-refractivity contribution is 0.0949. The van der Waals surface area contributed by atoms with E-state index < -0.39 is 0 Å². The summed E-state index contributed by atoms with van der Waals surface area (Å²) in [6.45, 7) is 3.50. The highest BCUT2D eigenvalue weighted by molar-refractivity contribution is 5.96. The molecule has 0 saturated carbocycles. The first-order valence-corrected chi connectivity index (χ1v) is 6.38. The monoisotopic (exact) mass is 285 g/mol. The first-order valence-electron chi connectivity index (χ1n) is 6.38. The zero-order chi connectivity index (χ0) is 15.2. The van der Waals surface area contributed by atoms with E-state index in [2.05, 4.69) is 27.3 Å². The number of aryl methyl sites for hydroxylation is 2. The van der Waals surface area contributed by atoms with E-state index in [0.29, 0.717) is 22.8 Å². The lowest BCUT2D eigenvalue weighted by Gasteiger charge is -2.06. The van der Waals surface area contributed by atoms with Gasteiger partial charge in [0.1, 0.15) is 6.61 Å². The standard InChI is InChI=1S/C15H15N3O3/c1-10-5-6-12(4-3-7-19)13(8-10)15(20)16-9-14-17-11(2)21-18-14/h5-6,8,19H,7,9H2,1-2H3,(H,16,20). The van der Waals surface area contributed by atoms with Gasteiger partial charge in [0.2, 0.25) is 5.89 Å². The number of hydrogen-bond donors (Lipinski definition) is 2. The minimum absolute atomic E-state index is 0.178. The maximum atomic E-state index is 12.2. The molecule has 1 heterocycles. The van der Waals surface area contributed by atoms with Crippen molar-refractivity contribution in [3.63, 3.8) is 0 Å². The Labute approximate surface area is 122 Å². The second-order valence-corrected chi connectivity index (χ2v) is 4.42. The molecule has 6 nitrogen and oxygen atoms in total. The smallest absolute Gasteiger partial charge is 0.252 e. The number of benzene rings is 1. The predicted molar refractivity (Wildman–Crippen MR) is 75.3 cm³/mol. The van der Waals surface area contributed by atoms with Crippen molar-refractivity contribution >= 4 is 5.91 Å². The number of aliphatic hydroxyl groups excluding tert-OH is 1. The number of aliphatic hydroxyl groups is 1. The van der Waals surface area contributed by atoms with Crippen LogP contribution in [0.2, 0.25) is 0 Å². The predicted octanol–water partition coefficient (Wildman–Crippen LogP) is 0.960. The van der Waals surface area contributed by atoms with Gasteiger partial charge in [0.15, 0.2) is 5.82 Å². The molecule has 2 rings (SSSR count). The zero-order valence-electron chi connectivity index (χ0n) is 11.8. The van der Waals surface area contributed by atoms with Crippen LogP contribution in [0.15, 0.2) is 22.7 Å². The fourth-order valence-electron chi connectivity index (χ4n) is 1.76. The van der Waals surface area contributed by atoms with Gasteiger partial charge in [0.05, 0.1) is 12.1 Å². The number of carbonyl (C=O) groups excluding carboxylic acids is 1. The van der Waals surface area contributed by atoms with Crippen LogP contribution >= 0.6 is 0 Å². The van der Waals surface area contributed by atoms with Gasteiger partial charge in [0, 0.05) is 12.5 Å². The SMILES string of the molecule is Cc1ccc(C#CCO)c(C(=O)NCc2noc(C)n2)c1.